The predicted molar refractivity (Wildman–Crippen MR) is 59.9 cm³/mol. The summed E-state index contributed by atoms with van der Waals surface area (Å²) in [4.78, 5) is 24.2. The number of nitro groups is 1. The number of pyridine rings is 1. The summed E-state index contributed by atoms with van der Waals surface area (Å²) in [6, 6.07) is 0.850. The van der Waals surface area contributed by atoms with Gasteiger partial charge in [0.15, 0.2) is 0 Å². The fraction of sp³-hybridized carbons (Fsp3) is 0.250. The van der Waals surface area contributed by atoms with Gasteiger partial charge >= 0.3 is 11.8 Å². The molecule has 0 unspecified atom stereocenters. The van der Waals surface area contributed by atoms with Gasteiger partial charge in [-0.15, -0.1) is 0 Å². The van der Waals surface area contributed by atoms with Gasteiger partial charge in [-0.2, -0.15) is 0 Å². The number of hydrogen-bond acceptors (Lipinski definition) is 5. The molecule has 0 fully saturated rings. The molecular weight excluding hydrogens is 353 g/mol. The summed E-state index contributed by atoms with van der Waals surface area (Å²) in [5.41, 5.74) is -1.43. The largest absolute Gasteiger partial charge is 0.463 e. The van der Waals surface area contributed by atoms with Crippen molar-refractivity contribution in [1.29, 1.82) is 0 Å². The van der Waals surface area contributed by atoms with Crippen molar-refractivity contribution in [3.8, 4) is 0 Å². The van der Waals surface area contributed by atoms with E-state index in [4.69, 9.17) is 0 Å². The number of methoxy groups -OCH3 is 1. The number of esters is 1. The van der Waals surface area contributed by atoms with Crippen molar-refractivity contribution < 1.29 is 23.2 Å². The average Bonchev–Trinajstić information content (AvgIpc) is 2.26. The topological polar surface area (TPSA) is 82.3 Å². The van der Waals surface area contributed by atoms with Crippen molar-refractivity contribution in [2.75, 3.05) is 7.11 Å². The van der Waals surface area contributed by atoms with Gasteiger partial charge in [0.05, 0.1) is 12.7 Å². The number of ether oxygens (including phenoxy) is 1. The fourth-order valence-corrected chi connectivity index (χ4v) is 1.70. The molecule has 0 N–H and O–H groups in total. The molecule has 0 aromatic carbocycles. The molecule has 1 rings (SSSR count). The van der Waals surface area contributed by atoms with E-state index in [1.807, 2.05) is 0 Å². The first kappa shape index (κ1) is 13.7. The van der Waals surface area contributed by atoms with Gasteiger partial charge in [0, 0.05) is 0 Å². The van der Waals surface area contributed by atoms with Crippen molar-refractivity contribution in [2.24, 2.45) is 0 Å². The van der Waals surface area contributed by atoms with E-state index in [1.54, 1.807) is 0 Å². The summed E-state index contributed by atoms with van der Waals surface area (Å²) in [7, 11) is 0.975. The van der Waals surface area contributed by atoms with Crippen LogP contribution in [-0.4, -0.2) is 23.0 Å². The molecule has 0 spiro atoms. The molecule has 1 aromatic rings. The SMILES string of the molecule is COC(=O)c1nc([N+](=O)[O-])c(I)cc1C(F)F. The molecule has 0 aliphatic rings. The van der Waals surface area contributed by atoms with E-state index in [2.05, 4.69) is 9.72 Å². The summed E-state index contributed by atoms with van der Waals surface area (Å²) in [6.45, 7) is 0. The van der Waals surface area contributed by atoms with Crippen molar-refractivity contribution in [3.63, 3.8) is 0 Å². The summed E-state index contributed by atoms with van der Waals surface area (Å²) in [6.07, 6.45) is -2.97. The first-order chi connectivity index (χ1) is 7.88. The van der Waals surface area contributed by atoms with Crippen LogP contribution in [0.2, 0.25) is 0 Å². The zero-order valence-electron chi connectivity index (χ0n) is 8.32. The van der Waals surface area contributed by atoms with Crippen LogP contribution >= 0.6 is 22.6 Å². The Bertz CT molecular complexity index is 481. The molecule has 0 bridgehead atoms. The lowest BCUT2D eigenvalue weighted by atomic mass is 10.2. The summed E-state index contributed by atoms with van der Waals surface area (Å²) >= 11 is 1.50. The van der Waals surface area contributed by atoms with E-state index in [0.717, 1.165) is 13.2 Å². The van der Waals surface area contributed by atoms with Crippen molar-refractivity contribution in [1.82, 2.24) is 4.98 Å². The van der Waals surface area contributed by atoms with Crippen LogP contribution in [0.1, 0.15) is 22.5 Å². The van der Waals surface area contributed by atoms with E-state index >= 15 is 0 Å². The Hall–Kier alpha value is -1.39. The van der Waals surface area contributed by atoms with Crippen LogP contribution in [0, 0.1) is 13.7 Å². The van der Waals surface area contributed by atoms with Crippen LogP contribution in [0.4, 0.5) is 14.6 Å². The standard InChI is InChI=1S/C8H5F2IN2O4/c1-17-8(14)5-3(6(9)10)2-4(11)7(12-5)13(15)16/h2,6H,1H3. The van der Waals surface area contributed by atoms with Gasteiger partial charge in [0.2, 0.25) is 0 Å². The molecule has 1 heterocycles. The second-order valence-corrected chi connectivity index (χ2v) is 3.94. The highest BCUT2D eigenvalue weighted by Crippen LogP contribution is 2.28. The number of nitrogens with zero attached hydrogens (tertiary/aromatic N) is 2. The molecule has 17 heavy (non-hydrogen) atoms. The minimum absolute atomic E-state index is 0.0736. The molecule has 0 aliphatic carbocycles. The normalized spacial score (nSPS) is 10.4. The van der Waals surface area contributed by atoms with Gasteiger partial charge in [-0.3, -0.25) is 0 Å². The molecule has 0 saturated carbocycles. The molecule has 0 amide bonds. The smallest absolute Gasteiger partial charge is 0.383 e. The quantitative estimate of drug-likeness (QED) is 0.359. The van der Waals surface area contributed by atoms with Crippen molar-refractivity contribution >= 4 is 34.4 Å². The van der Waals surface area contributed by atoms with E-state index in [1.165, 1.54) is 22.6 Å². The van der Waals surface area contributed by atoms with Crippen LogP contribution < -0.4 is 0 Å². The number of alkyl halides is 2. The van der Waals surface area contributed by atoms with E-state index in [9.17, 15) is 23.7 Å². The molecule has 0 saturated heterocycles. The van der Waals surface area contributed by atoms with Gasteiger partial charge in [0.1, 0.15) is 3.57 Å². The van der Waals surface area contributed by atoms with E-state index in [0.29, 0.717) is 0 Å². The minimum Gasteiger partial charge on any atom is -0.463 e. The third-order valence-corrected chi connectivity index (χ3v) is 2.57. The second-order valence-electron chi connectivity index (χ2n) is 2.78. The van der Waals surface area contributed by atoms with Gasteiger partial charge in [0.25, 0.3) is 12.1 Å². The number of rotatable bonds is 3. The highest BCUT2D eigenvalue weighted by molar-refractivity contribution is 14.1. The van der Waals surface area contributed by atoms with Gasteiger partial charge in [-0.05, 0) is 38.6 Å². The fourth-order valence-electron chi connectivity index (χ4n) is 1.05. The highest BCUT2D eigenvalue weighted by atomic mass is 127. The third kappa shape index (κ3) is 2.84. The zero-order chi connectivity index (χ0) is 13.2. The van der Waals surface area contributed by atoms with Crippen molar-refractivity contribution in [3.05, 3.63) is 31.0 Å². The Kier molecular flexibility index (Phi) is 4.26. The van der Waals surface area contributed by atoms with E-state index in [-0.39, 0.29) is 3.57 Å². The maximum absolute atomic E-state index is 12.6. The molecule has 6 nitrogen and oxygen atoms in total. The Morgan fingerprint density at radius 1 is 1.65 bits per heavy atom. The minimum atomic E-state index is -2.97. The van der Waals surface area contributed by atoms with Crippen LogP contribution in [-0.2, 0) is 4.74 Å². The molecule has 92 valence electrons. The number of carbonyl (C=O) groups excluding carboxylic acids is 1. The summed E-state index contributed by atoms with van der Waals surface area (Å²) in [5, 5.41) is 10.6. The lowest BCUT2D eigenvalue weighted by Crippen LogP contribution is -2.11. The van der Waals surface area contributed by atoms with Crippen molar-refractivity contribution in [2.45, 2.75) is 6.43 Å². The van der Waals surface area contributed by atoms with Gasteiger partial charge in [-0.1, -0.05) is 0 Å². The number of aromatic nitrogens is 1. The summed E-state index contributed by atoms with van der Waals surface area (Å²) < 4.78 is 29.4. The van der Waals surface area contributed by atoms with Gasteiger partial charge < -0.3 is 14.9 Å². The van der Waals surface area contributed by atoms with Crippen LogP contribution in [0.3, 0.4) is 0 Å². The molecule has 0 aliphatic heterocycles. The van der Waals surface area contributed by atoms with Gasteiger partial charge in [-0.25, -0.2) is 13.6 Å². The van der Waals surface area contributed by atoms with Crippen LogP contribution in [0.15, 0.2) is 6.07 Å². The monoisotopic (exact) mass is 358 g/mol. The molecule has 9 heteroatoms. The first-order valence-electron chi connectivity index (χ1n) is 4.09. The summed E-state index contributed by atoms with van der Waals surface area (Å²) in [5.74, 6) is -1.80. The molecular formula is C8H5F2IN2O4. The predicted octanol–water partition coefficient (Wildman–Crippen LogP) is 2.32. The average molecular weight is 358 g/mol. The lowest BCUT2D eigenvalue weighted by Gasteiger charge is -2.04. The lowest BCUT2D eigenvalue weighted by molar-refractivity contribution is -0.390. The Morgan fingerprint density at radius 2 is 2.24 bits per heavy atom. The third-order valence-electron chi connectivity index (χ3n) is 1.77. The Labute approximate surface area is 107 Å². The molecule has 0 radical (unpaired) electrons. The number of hydrogen-bond donors (Lipinski definition) is 0. The highest BCUT2D eigenvalue weighted by Gasteiger charge is 2.30. The Balaban J connectivity index is 3.47. The van der Waals surface area contributed by atoms with E-state index < -0.39 is 34.4 Å². The van der Waals surface area contributed by atoms with Crippen LogP contribution in [0.5, 0.6) is 0 Å². The Morgan fingerprint density at radius 3 is 2.65 bits per heavy atom. The maximum atomic E-state index is 12.6. The van der Waals surface area contributed by atoms with Crippen LogP contribution in [0.25, 0.3) is 0 Å². The second kappa shape index (κ2) is 5.29. The molecule has 0 atom stereocenters. The molecule has 1 aromatic heterocycles. The zero-order valence-corrected chi connectivity index (χ0v) is 10.5. The number of carbonyl (C=O) groups is 1. The number of halogens is 3. The maximum Gasteiger partial charge on any atom is 0.383 e. The first-order valence-corrected chi connectivity index (χ1v) is 5.17.